The van der Waals surface area contributed by atoms with Crippen LogP contribution in [0, 0.1) is 17.2 Å². The first kappa shape index (κ1) is 13.2. The molecular weight excluding hydrogens is 261 g/mol. The summed E-state index contributed by atoms with van der Waals surface area (Å²) < 4.78 is 37.5. The average Bonchev–Trinajstić information content (AvgIpc) is 2.25. The normalized spacial score (nSPS) is 15.8. The Morgan fingerprint density at radius 3 is 2.53 bits per heavy atom. The highest BCUT2D eigenvalue weighted by Gasteiger charge is 2.35. The monoisotopic (exact) mass is 270 g/mol. The number of carbonyl (C=O) groups is 1. The van der Waals surface area contributed by atoms with Crippen molar-refractivity contribution in [3.8, 4) is 6.07 Å². The molecule has 1 aliphatic rings. The van der Waals surface area contributed by atoms with E-state index in [1.54, 1.807) is 11.0 Å². The van der Waals surface area contributed by atoms with Gasteiger partial charge in [-0.15, -0.1) is 0 Å². The van der Waals surface area contributed by atoms with E-state index >= 15 is 0 Å². The highest BCUT2D eigenvalue weighted by Crippen LogP contribution is 2.34. The smallest absolute Gasteiger partial charge is 0.416 e. The lowest BCUT2D eigenvalue weighted by Crippen LogP contribution is -2.50. The molecule has 0 unspecified atom stereocenters. The number of halogens is 3. The number of benzene rings is 1. The van der Waals surface area contributed by atoms with Crippen LogP contribution in [0.3, 0.4) is 0 Å². The standard InChI is InChI=1S/C12H9F3N2O2/c13-12(14,15)9-1-2-10(7(3-9)4-16)17-5-8(6-17)11(18)19/h1-3,8H,5-6H2,(H,18,19). The zero-order chi connectivity index (χ0) is 14.2. The molecule has 0 aliphatic carbocycles. The molecule has 1 heterocycles. The van der Waals surface area contributed by atoms with E-state index in [-0.39, 0.29) is 18.7 Å². The average molecular weight is 270 g/mol. The number of anilines is 1. The highest BCUT2D eigenvalue weighted by atomic mass is 19.4. The molecule has 0 amide bonds. The minimum atomic E-state index is -4.50. The van der Waals surface area contributed by atoms with Gasteiger partial charge in [-0.2, -0.15) is 18.4 Å². The van der Waals surface area contributed by atoms with Crippen LogP contribution in [-0.4, -0.2) is 24.2 Å². The maximum atomic E-state index is 12.5. The molecular formula is C12H9F3N2O2. The van der Waals surface area contributed by atoms with Gasteiger partial charge in [-0.3, -0.25) is 4.79 Å². The fraction of sp³-hybridized carbons (Fsp3) is 0.333. The summed E-state index contributed by atoms with van der Waals surface area (Å²) >= 11 is 0. The summed E-state index contributed by atoms with van der Waals surface area (Å²) in [4.78, 5) is 12.2. The van der Waals surface area contributed by atoms with Crippen molar-refractivity contribution in [3.05, 3.63) is 29.3 Å². The number of alkyl halides is 3. The van der Waals surface area contributed by atoms with Gasteiger partial charge < -0.3 is 10.0 Å². The van der Waals surface area contributed by atoms with Gasteiger partial charge in [0.15, 0.2) is 0 Å². The molecule has 100 valence electrons. The first-order valence-electron chi connectivity index (χ1n) is 5.42. The van der Waals surface area contributed by atoms with Gasteiger partial charge in [0.25, 0.3) is 0 Å². The summed E-state index contributed by atoms with van der Waals surface area (Å²) in [6.45, 7) is 0.407. The number of carboxylic acid groups (broad SMARTS) is 1. The fourth-order valence-corrected chi connectivity index (χ4v) is 1.91. The number of hydrogen-bond acceptors (Lipinski definition) is 3. The van der Waals surface area contributed by atoms with E-state index in [0.29, 0.717) is 5.69 Å². The molecule has 7 heteroatoms. The van der Waals surface area contributed by atoms with Crippen LogP contribution >= 0.6 is 0 Å². The molecule has 1 aromatic rings. The van der Waals surface area contributed by atoms with E-state index in [1.165, 1.54) is 6.07 Å². The summed E-state index contributed by atoms with van der Waals surface area (Å²) in [7, 11) is 0. The predicted molar refractivity (Wildman–Crippen MR) is 59.5 cm³/mol. The maximum absolute atomic E-state index is 12.5. The second-order valence-electron chi connectivity index (χ2n) is 4.28. The summed E-state index contributed by atoms with van der Waals surface area (Å²) in [5, 5.41) is 17.6. The lowest BCUT2D eigenvalue weighted by Gasteiger charge is -2.39. The lowest BCUT2D eigenvalue weighted by atomic mass is 9.97. The Labute approximate surface area is 106 Å². The molecule has 0 spiro atoms. The molecule has 0 bridgehead atoms. The second-order valence-corrected chi connectivity index (χ2v) is 4.28. The first-order chi connectivity index (χ1) is 8.82. The molecule has 0 saturated carbocycles. The third-order valence-corrected chi connectivity index (χ3v) is 3.02. The van der Waals surface area contributed by atoms with Crippen molar-refractivity contribution >= 4 is 11.7 Å². The Morgan fingerprint density at radius 2 is 2.05 bits per heavy atom. The fourth-order valence-electron chi connectivity index (χ4n) is 1.91. The van der Waals surface area contributed by atoms with Gasteiger partial charge in [0.2, 0.25) is 0 Å². The molecule has 0 atom stereocenters. The summed E-state index contributed by atoms with van der Waals surface area (Å²) in [6.07, 6.45) is -4.50. The zero-order valence-electron chi connectivity index (χ0n) is 9.61. The molecule has 1 saturated heterocycles. The van der Waals surface area contributed by atoms with Crippen LogP contribution < -0.4 is 4.90 Å². The maximum Gasteiger partial charge on any atom is 0.416 e. The van der Waals surface area contributed by atoms with Crippen molar-refractivity contribution in [1.29, 1.82) is 5.26 Å². The number of rotatable bonds is 2. The van der Waals surface area contributed by atoms with Crippen molar-refractivity contribution in [2.75, 3.05) is 18.0 Å². The number of aliphatic carboxylic acids is 1. The third-order valence-electron chi connectivity index (χ3n) is 3.02. The summed E-state index contributed by atoms with van der Waals surface area (Å²) in [6, 6.07) is 4.59. The van der Waals surface area contributed by atoms with Crippen molar-refractivity contribution in [2.24, 2.45) is 5.92 Å². The second kappa shape index (κ2) is 4.46. The van der Waals surface area contributed by atoms with Crippen molar-refractivity contribution < 1.29 is 23.1 Å². The molecule has 0 aromatic heterocycles. The van der Waals surface area contributed by atoms with Crippen LogP contribution in [0.15, 0.2) is 18.2 Å². The SMILES string of the molecule is N#Cc1cc(C(F)(F)F)ccc1N1CC(C(=O)O)C1. The van der Waals surface area contributed by atoms with E-state index in [2.05, 4.69) is 0 Å². The Morgan fingerprint density at radius 1 is 1.42 bits per heavy atom. The minimum Gasteiger partial charge on any atom is -0.481 e. The van der Waals surface area contributed by atoms with Crippen LogP contribution in [-0.2, 0) is 11.0 Å². The first-order valence-corrected chi connectivity index (χ1v) is 5.42. The molecule has 1 aromatic carbocycles. The van der Waals surface area contributed by atoms with Crippen molar-refractivity contribution in [1.82, 2.24) is 0 Å². The highest BCUT2D eigenvalue weighted by molar-refractivity contribution is 5.75. The summed E-state index contributed by atoms with van der Waals surface area (Å²) in [5.41, 5.74) is -0.644. The van der Waals surface area contributed by atoms with Crippen molar-refractivity contribution in [3.63, 3.8) is 0 Å². The molecule has 0 radical (unpaired) electrons. The molecule has 19 heavy (non-hydrogen) atoms. The number of hydrogen-bond donors (Lipinski definition) is 1. The Bertz CT molecular complexity index is 557. The molecule has 2 rings (SSSR count). The van der Waals surface area contributed by atoms with Crippen LogP contribution in [0.5, 0.6) is 0 Å². The van der Waals surface area contributed by atoms with Crippen LogP contribution in [0.25, 0.3) is 0 Å². The predicted octanol–water partition coefficient (Wildman–Crippen LogP) is 2.10. The van der Waals surface area contributed by atoms with E-state index in [4.69, 9.17) is 10.4 Å². The zero-order valence-corrected chi connectivity index (χ0v) is 9.61. The van der Waals surface area contributed by atoms with Gasteiger partial charge >= 0.3 is 12.1 Å². The molecule has 1 fully saturated rings. The van der Waals surface area contributed by atoms with Gasteiger partial charge in [-0.1, -0.05) is 0 Å². The number of nitrogens with zero attached hydrogens (tertiary/aromatic N) is 2. The van der Waals surface area contributed by atoms with Crippen molar-refractivity contribution in [2.45, 2.75) is 6.18 Å². The molecule has 1 N–H and O–H groups in total. The third kappa shape index (κ3) is 2.47. The van der Waals surface area contributed by atoms with E-state index in [1.807, 2.05) is 0 Å². The number of carboxylic acids is 1. The van der Waals surface area contributed by atoms with Gasteiger partial charge in [0.1, 0.15) is 6.07 Å². The van der Waals surface area contributed by atoms with Crippen LogP contribution in [0.2, 0.25) is 0 Å². The van der Waals surface area contributed by atoms with Crippen LogP contribution in [0.1, 0.15) is 11.1 Å². The Kier molecular flexibility index (Phi) is 3.10. The van der Waals surface area contributed by atoms with E-state index in [0.717, 1.165) is 12.1 Å². The minimum absolute atomic E-state index is 0.0985. The van der Waals surface area contributed by atoms with Gasteiger partial charge in [-0.25, -0.2) is 0 Å². The topological polar surface area (TPSA) is 64.3 Å². The van der Waals surface area contributed by atoms with Gasteiger partial charge in [-0.05, 0) is 18.2 Å². The number of nitriles is 1. The summed E-state index contributed by atoms with van der Waals surface area (Å²) in [5.74, 6) is -1.48. The Hall–Kier alpha value is -2.23. The Balaban J connectivity index is 2.24. The largest absolute Gasteiger partial charge is 0.481 e. The van der Waals surface area contributed by atoms with E-state index < -0.39 is 23.6 Å². The quantitative estimate of drug-likeness (QED) is 0.893. The molecule has 1 aliphatic heterocycles. The van der Waals surface area contributed by atoms with Gasteiger partial charge in [0.05, 0.1) is 22.7 Å². The van der Waals surface area contributed by atoms with Gasteiger partial charge in [0, 0.05) is 13.1 Å². The van der Waals surface area contributed by atoms with Crippen LogP contribution in [0.4, 0.5) is 18.9 Å². The molecule has 4 nitrogen and oxygen atoms in total. The van der Waals surface area contributed by atoms with E-state index in [9.17, 15) is 18.0 Å². The lowest BCUT2D eigenvalue weighted by molar-refractivity contribution is -0.142.